The predicted octanol–water partition coefficient (Wildman–Crippen LogP) is 3.41. The van der Waals surface area contributed by atoms with Crippen molar-refractivity contribution in [2.75, 3.05) is 0 Å². The van der Waals surface area contributed by atoms with E-state index in [2.05, 4.69) is 24.5 Å². The number of aromatic nitrogens is 1. The quantitative estimate of drug-likeness (QED) is 0.879. The summed E-state index contributed by atoms with van der Waals surface area (Å²) in [6, 6.07) is 8.30. The smallest absolute Gasteiger partial charge is 0.310 e. The van der Waals surface area contributed by atoms with Gasteiger partial charge in [0.2, 0.25) is 0 Å². The van der Waals surface area contributed by atoms with Crippen LogP contribution in [0.15, 0.2) is 30.5 Å². The van der Waals surface area contributed by atoms with Crippen molar-refractivity contribution in [2.24, 2.45) is 0 Å². The van der Waals surface area contributed by atoms with E-state index < -0.39 is 11.9 Å². The first-order valence-corrected chi connectivity index (χ1v) is 5.84. The molecule has 3 nitrogen and oxygen atoms in total. The topological polar surface area (TPSA) is 42.2 Å². The Bertz CT molecular complexity index is 554. The molecular formula is C14H17NO2. The summed E-state index contributed by atoms with van der Waals surface area (Å²) in [4.78, 5) is 11.0. The summed E-state index contributed by atoms with van der Waals surface area (Å²) in [5, 5.41) is 10.2. The van der Waals surface area contributed by atoms with Gasteiger partial charge in [0.1, 0.15) is 0 Å². The molecule has 1 heterocycles. The fourth-order valence-electron chi connectivity index (χ4n) is 2.03. The number of nitrogens with zero attached hydrogens (tertiary/aromatic N) is 1. The van der Waals surface area contributed by atoms with Crippen LogP contribution in [0.2, 0.25) is 0 Å². The second-order valence-electron chi connectivity index (χ2n) is 4.69. The predicted molar refractivity (Wildman–Crippen MR) is 68.4 cm³/mol. The van der Waals surface area contributed by atoms with Gasteiger partial charge in [-0.1, -0.05) is 12.1 Å². The second kappa shape index (κ2) is 4.24. The first kappa shape index (κ1) is 11.7. The molecule has 0 fully saturated rings. The molecule has 2 rings (SSSR count). The molecule has 0 aliphatic carbocycles. The molecule has 0 spiro atoms. The number of rotatable bonds is 3. The molecule has 0 saturated carbocycles. The van der Waals surface area contributed by atoms with E-state index in [1.54, 1.807) is 6.92 Å². The van der Waals surface area contributed by atoms with Gasteiger partial charge in [-0.3, -0.25) is 4.79 Å². The minimum absolute atomic E-state index is 0.378. The molecule has 1 N–H and O–H groups in total. The van der Waals surface area contributed by atoms with Gasteiger partial charge in [-0.25, -0.2) is 0 Å². The average Bonchev–Trinajstić information content (AvgIpc) is 2.70. The molecule has 0 amide bonds. The van der Waals surface area contributed by atoms with Gasteiger partial charge in [-0.05, 0) is 43.9 Å². The summed E-state index contributed by atoms with van der Waals surface area (Å²) in [6.07, 6.45) is 2.05. The lowest BCUT2D eigenvalue weighted by Crippen LogP contribution is -2.07. The molecule has 3 heteroatoms. The summed E-state index contributed by atoms with van der Waals surface area (Å²) < 4.78 is 2.16. The van der Waals surface area contributed by atoms with Crippen LogP contribution in [-0.4, -0.2) is 15.6 Å². The fourth-order valence-corrected chi connectivity index (χ4v) is 2.03. The normalized spacial score (nSPS) is 13.2. The van der Waals surface area contributed by atoms with Gasteiger partial charge in [0.05, 0.1) is 5.92 Å². The van der Waals surface area contributed by atoms with Gasteiger partial charge < -0.3 is 9.67 Å². The third-order valence-electron chi connectivity index (χ3n) is 3.17. The number of benzene rings is 1. The van der Waals surface area contributed by atoms with Crippen molar-refractivity contribution in [3.8, 4) is 0 Å². The second-order valence-corrected chi connectivity index (χ2v) is 4.69. The molecule has 90 valence electrons. The lowest BCUT2D eigenvalue weighted by Gasteiger charge is -2.11. The first-order valence-electron chi connectivity index (χ1n) is 5.84. The molecule has 0 aliphatic rings. The highest BCUT2D eigenvalue weighted by Gasteiger charge is 2.15. The first-order chi connectivity index (χ1) is 8.00. The third kappa shape index (κ3) is 2.05. The van der Waals surface area contributed by atoms with Crippen LogP contribution in [0.3, 0.4) is 0 Å². The van der Waals surface area contributed by atoms with Gasteiger partial charge in [-0.15, -0.1) is 0 Å². The minimum Gasteiger partial charge on any atom is -0.481 e. The van der Waals surface area contributed by atoms with Crippen LogP contribution in [0.4, 0.5) is 0 Å². The molecular weight excluding hydrogens is 214 g/mol. The zero-order valence-corrected chi connectivity index (χ0v) is 10.3. The van der Waals surface area contributed by atoms with Crippen molar-refractivity contribution in [1.82, 2.24) is 4.57 Å². The third-order valence-corrected chi connectivity index (χ3v) is 3.17. The van der Waals surface area contributed by atoms with Crippen molar-refractivity contribution >= 4 is 16.9 Å². The van der Waals surface area contributed by atoms with Crippen LogP contribution in [0.25, 0.3) is 10.9 Å². The lowest BCUT2D eigenvalue weighted by atomic mass is 10.0. The summed E-state index contributed by atoms with van der Waals surface area (Å²) in [7, 11) is 0. The van der Waals surface area contributed by atoms with Crippen LogP contribution in [0.1, 0.15) is 38.3 Å². The molecule has 1 atom stereocenters. The molecule has 1 aromatic heterocycles. The molecule has 0 radical (unpaired) electrons. The highest BCUT2D eigenvalue weighted by Crippen LogP contribution is 2.25. The van der Waals surface area contributed by atoms with E-state index in [0.29, 0.717) is 6.04 Å². The van der Waals surface area contributed by atoms with E-state index in [0.717, 1.165) is 16.5 Å². The number of hydrogen-bond donors (Lipinski definition) is 1. The van der Waals surface area contributed by atoms with E-state index in [-0.39, 0.29) is 0 Å². The fraction of sp³-hybridized carbons (Fsp3) is 0.357. The van der Waals surface area contributed by atoms with Crippen LogP contribution >= 0.6 is 0 Å². The van der Waals surface area contributed by atoms with Gasteiger partial charge in [-0.2, -0.15) is 0 Å². The van der Waals surface area contributed by atoms with Crippen molar-refractivity contribution in [3.63, 3.8) is 0 Å². The number of hydrogen-bond acceptors (Lipinski definition) is 1. The highest BCUT2D eigenvalue weighted by molar-refractivity contribution is 5.83. The van der Waals surface area contributed by atoms with Gasteiger partial charge in [0.25, 0.3) is 0 Å². The zero-order chi connectivity index (χ0) is 12.6. The minimum atomic E-state index is -0.785. The Hall–Kier alpha value is -1.77. The summed E-state index contributed by atoms with van der Waals surface area (Å²) in [5.74, 6) is -1.25. The summed E-state index contributed by atoms with van der Waals surface area (Å²) in [5.41, 5.74) is 1.95. The Balaban J connectivity index is 2.55. The molecule has 0 aliphatic heterocycles. The highest BCUT2D eigenvalue weighted by atomic mass is 16.4. The summed E-state index contributed by atoms with van der Waals surface area (Å²) in [6.45, 7) is 5.95. The van der Waals surface area contributed by atoms with Crippen molar-refractivity contribution < 1.29 is 9.90 Å². The maximum Gasteiger partial charge on any atom is 0.310 e. The largest absolute Gasteiger partial charge is 0.481 e. The lowest BCUT2D eigenvalue weighted by molar-refractivity contribution is -0.138. The number of carbonyl (C=O) groups is 1. The Morgan fingerprint density at radius 3 is 2.53 bits per heavy atom. The molecule has 2 aromatic rings. The Morgan fingerprint density at radius 2 is 1.94 bits per heavy atom. The van der Waals surface area contributed by atoms with E-state index in [1.165, 1.54) is 0 Å². The van der Waals surface area contributed by atoms with Gasteiger partial charge >= 0.3 is 5.97 Å². The Labute approximate surface area is 101 Å². The van der Waals surface area contributed by atoms with E-state index in [9.17, 15) is 4.79 Å². The summed E-state index contributed by atoms with van der Waals surface area (Å²) >= 11 is 0. The van der Waals surface area contributed by atoms with Crippen molar-refractivity contribution in [2.45, 2.75) is 32.7 Å². The maximum atomic E-state index is 11.0. The van der Waals surface area contributed by atoms with Crippen LogP contribution in [0.5, 0.6) is 0 Å². The Morgan fingerprint density at radius 1 is 1.24 bits per heavy atom. The van der Waals surface area contributed by atoms with Gasteiger partial charge in [0.15, 0.2) is 0 Å². The SMILES string of the molecule is CC(C(=O)O)c1ccc2ccn(C(C)C)c2c1. The maximum absolute atomic E-state index is 11.0. The standard InChI is InChI=1S/C14H17NO2/c1-9(2)15-7-6-11-4-5-12(8-13(11)15)10(3)14(16)17/h4-10H,1-3H3,(H,16,17). The number of carboxylic acids is 1. The zero-order valence-electron chi connectivity index (χ0n) is 10.3. The van der Waals surface area contributed by atoms with Crippen LogP contribution in [0, 0.1) is 0 Å². The van der Waals surface area contributed by atoms with Gasteiger partial charge in [0, 0.05) is 17.8 Å². The molecule has 1 aromatic carbocycles. The molecule has 0 saturated heterocycles. The molecule has 1 unspecified atom stereocenters. The Kier molecular flexibility index (Phi) is 2.92. The van der Waals surface area contributed by atoms with Crippen LogP contribution in [-0.2, 0) is 4.79 Å². The molecule has 0 bridgehead atoms. The van der Waals surface area contributed by atoms with E-state index in [4.69, 9.17) is 5.11 Å². The number of aliphatic carboxylic acids is 1. The van der Waals surface area contributed by atoms with E-state index >= 15 is 0 Å². The average molecular weight is 231 g/mol. The molecule has 17 heavy (non-hydrogen) atoms. The van der Waals surface area contributed by atoms with Crippen molar-refractivity contribution in [1.29, 1.82) is 0 Å². The van der Waals surface area contributed by atoms with E-state index in [1.807, 2.05) is 24.4 Å². The van der Waals surface area contributed by atoms with Crippen LogP contribution < -0.4 is 0 Å². The number of fused-ring (bicyclic) bond motifs is 1. The van der Waals surface area contributed by atoms with Crippen molar-refractivity contribution in [3.05, 3.63) is 36.0 Å². The number of carboxylic acid groups (broad SMARTS) is 1. The monoisotopic (exact) mass is 231 g/mol.